The summed E-state index contributed by atoms with van der Waals surface area (Å²) in [5.41, 5.74) is -1.23. The number of benzene rings is 3. The molecule has 1 aliphatic rings. The average molecular weight is 501 g/mol. The number of alkyl halides is 2. The van der Waals surface area contributed by atoms with Gasteiger partial charge in [-0.15, -0.1) is 0 Å². The zero-order valence-corrected chi connectivity index (χ0v) is 19.8. The lowest BCUT2D eigenvalue weighted by atomic mass is 9.77. The Morgan fingerprint density at radius 1 is 0.944 bits per heavy atom. The Bertz CT molecular complexity index is 1220. The molecule has 2 amide bonds. The monoisotopic (exact) mass is 500 g/mol. The number of nitrogens with one attached hydrogen (secondary N) is 2. The molecule has 0 radical (unpaired) electrons. The molecule has 8 heteroatoms. The van der Waals surface area contributed by atoms with Crippen molar-refractivity contribution in [3.8, 4) is 5.75 Å². The SMILES string of the molecule is CC(F)(F)c1cc(F)cc([C@](Cc2ccccc2)(NC(=O)NC2CCCC2)c2ccc(F)c(O)c2)c1. The molecule has 0 saturated heterocycles. The predicted octanol–water partition coefficient (Wildman–Crippen LogP) is 6.51. The number of rotatable bonds is 7. The summed E-state index contributed by atoms with van der Waals surface area (Å²) in [5, 5.41) is 16.0. The second-order valence-corrected chi connectivity index (χ2v) is 9.43. The van der Waals surface area contributed by atoms with Crippen LogP contribution in [0.2, 0.25) is 0 Å². The molecule has 0 aromatic heterocycles. The zero-order valence-electron chi connectivity index (χ0n) is 19.8. The van der Waals surface area contributed by atoms with Gasteiger partial charge in [0.1, 0.15) is 5.82 Å². The van der Waals surface area contributed by atoms with Crippen molar-refractivity contribution in [3.63, 3.8) is 0 Å². The number of carbonyl (C=O) groups is 1. The van der Waals surface area contributed by atoms with Crippen LogP contribution in [0.5, 0.6) is 5.75 Å². The largest absolute Gasteiger partial charge is 0.505 e. The van der Waals surface area contributed by atoms with Gasteiger partial charge in [-0.25, -0.2) is 22.4 Å². The Morgan fingerprint density at radius 3 is 2.25 bits per heavy atom. The predicted molar refractivity (Wildman–Crippen MR) is 129 cm³/mol. The number of amides is 2. The molecule has 4 nitrogen and oxygen atoms in total. The third-order valence-electron chi connectivity index (χ3n) is 6.67. The van der Waals surface area contributed by atoms with Gasteiger partial charge in [-0.3, -0.25) is 0 Å². The molecule has 36 heavy (non-hydrogen) atoms. The zero-order chi connectivity index (χ0) is 25.9. The quantitative estimate of drug-likeness (QED) is 0.324. The van der Waals surface area contributed by atoms with E-state index in [2.05, 4.69) is 10.6 Å². The van der Waals surface area contributed by atoms with E-state index in [9.17, 15) is 27.5 Å². The molecule has 0 unspecified atom stereocenters. The number of phenolic OH excluding ortho intramolecular Hbond substituents is 1. The maximum atomic E-state index is 14.8. The maximum absolute atomic E-state index is 14.8. The van der Waals surface area contributed by atoms with Crippen LogP contribution in [-0.2, 0) is 17.9 Å². The lowest BCUT2D eigenvalue weighted by Gasteiger charge is -2.37. The highest BCUT2D eigenvalue weighted by atomic mass is 19.3. The van der Waals surface area contributed by atoms with E-state index in [1.807, 2.05) is 0 Å². The smallest absolute Gasteiger partial charge is 0.315 e. The summed E-state index contributed by atoms with van der Waals surface area (Å²) in [6, 6.07) is 14.8. The summed E-state index contributed by atoms with van der Waals surface area (Å²) in [6.45, 7) is 0.661. The molecule has 0 bridgehead atoms. The lowest BCUT2D eigenvalue weighted by molar-refractivity contribution is 0.0170. The van der Waals surface area contributed by atoms with Crippen molar-refractivity contribution in [3.05, 3.63) is 101 Å². The van der Waals surface area contributed by atoms with E-state index in [4.69, 9.17) is 0 Å². The van der Waals surface area contributed by atoms with Gasteiger partial charge in [0.05, 0.1) is 5.54 Å². The number of halogens is 4. The molecule has 1 atom stereocenters. The molecular formula is C28H28F4N2O2. The maximum Gasteiger partial charge on any atom is 0.315 e. The third-order valence-corrected chi connectivity index (χ3v) is 6.67. The third kappa shape index (κ3) is 5.64. The first kappa shape index (κ1) is 25.5. The second-order valence-electron chi connectivity index (χ2n) is 9.43. The number of carbonyl (C=O) groups excluding carboxylic acids is 1. The van der Waals surface area contributed by atoms with Crippen LogP contribution < -0.4 is 10.6 Å². The highest BCUT2D eigenvalue weighted by Crippen LogP contribution is 2.39. The van der Waals surface area contributed by atoms with Crippen LogP contribution in [0.4, 0.5) is 22.4 Å². The van der Waals surface area contributed by atoms with Crippen molar-refractivity contribution in [2.45, 2.75) is 56.5 Å². The van der Waals surface area contributed by atoms with E-state index in [-0.39, 0.29) is 23.6 Å². The van der Waals surface area contributed by atoms with E-state index >= 15 is 0 Å². The van der Waals surface area contributed by atoms with Gasteiger partial charge in [-0.2, -0.15) is 0 Å². The van der Waals surface area contributed by atoms with Gasteiger partial charge >= 0.3 is 6.03 Å². The summed E-state index contributed by atoms with van der Waals surface area (Å²) in [5.74, 6) is -5.83. The molecule has 1 saturated carbocycles. The standard InChI is InChI=1S/C28H28F4N2O2/c1-27(31,32)20-13-21(15-22(29)14-20)28(17-18-7-3-2-4-8-18,19-11-12-24(30)25(35)16-19)34-26(36)33-23-9-5-6-10-23/h2-4,7-8,11-16,23,35H,5-6,9-10,17H2,1H3,(H2,33,34,36)/t28-/m1/s1. The number of aromatic hydroxyl groups is 1. The van der Waals surface area contributed by atoms with Crippen LogP contribution in [0.1, 0.15) is 54.9 Å². The molecule has 1 fully saturated rings. The Balaban J connectivity index is 1.92. The van der Waals surface area contributed by atoms with E-state index < -0.39 is 40.4 Å². The van der Waals surface area contributed by atoms with Crippen LogP contribution in [0.15, 0.2) is 66.7 Å². The minimum Gasteiger partial charge on any atom is -0.505 e. The molecule has 4 rings (SSSR count). The van der Waals surface area contributed by atoms with Crippen LogP contribution in [0.3, 0.4) is 0 Å². The molecule has 0 heterocycles. The van der Waals surface area contributed by atoms with Crippen LogP contribution >= 0.6 is 0 Å². The number of urea groups is 1. The summed E-state index contributed by atoms with van der Waals surface area (Å²) in [7, 11) is 0. The van der Waals surface area contributed by atoms with Gasteiger partial charge in [0, 0.05) is 24.9 Å². The molecule has 0 aliphatic heterocycles. The highest BCUT2D eigenvalue weighted by molar-refractivity contribution is 5.76. The number of hydrogen-bond acceptors (Lipinski definition) is 2. The fourth-order valence-corrected chi connectivity index (χ4v) is 4.81. The molecule has 3 aromatic carbocycles. The van der Waals surface area contributed by atoms with Crippen molar-refractivity contribution < 1.29 is 27.5 Å². The van der Waals surface area contributed by atoms with Gasteiger partial charge in [0.15, 0.2) is 11.6 Å². The molecule has 0 spiro atoms. The van der Waals surface area contributed by atoms with Gasteiger partial charge < -0.3 is 15.7 Å². The van der Waals surface area contributed by atoms with E-state index in [1.165, 1.54) is 6.07 Å². The summed E-state index contributed by atoms with van der Waals surface area (Å²) < 4.78 is 57.5. The fraction of sp³-hybridized carbons (Fsp3) is 0.321. The summed E-state index contributed by atoms with van der Waals surface area (Å²) in [4.78, 5) is 13.3. The Labute approximate surface area is 207 Å². The van der Waals surface area contributed by atoms with E-state index in [0.29, 0.717) is 12.5 Å². The fourth-order valence-electron chi connectivity index (χ4n) is 4.81. The van der Waals surface area contributed by atoms with E-state index in [1.54, 1.807) is 30.3 Å². The molecule has 3 aromatic rings. The Hall–Kier alpha value is -3.55. The normalized spacial score (nSPS) is 15.9. The number of phenols is 1. The van der Waals surface area contributed by atoms with Crippen LogP contribution in [-0.4, -0.2) is 17.2 Å². The van der Waals surface area contributed by atoms with Gasteiger partial charge in [0.2, 0.25) is 0 Å². The average Bonchev–Trinajstić information content (AvgIpc) is 3.33. The van der Waals surface area contributed by atoms with Crippen molar-refractivity contribution in [1.82, 2.24) is 10.6 Å². The Morgan fingerprint density at radius 2 is 1.61 bits per heavy atom. The second kappa shape index (κ2) is 10.2. The molecular weight excluding hydrogens is 472 g/mol. The first-order chi connectivity index (χ1) is 17.1. The van der Waals surface area contributed by atoms with Gasteiger partial charge in [-0.1, -0.05) is 49.2 Å². The van der Waals surface area contributed by atoms with Crippen molar-refractivity contribution in [1.29, 1.82) is 0 Å². The molecule has 1 aliphatic carbocycles. The molecule has 3 N–H and O–H groups in total. The van der Waals surface area contributed by atoms with Crippen molar-refractivity contribution >= 4 is 6.03 Å². The van der Waals surface area contributed by atoms with Crippen LogP contribution in [0.25, 0.3) is 0 Å². The first-order valence-electron chi connectivity index (χ1n) is 11.9. The summed E-state index contributed by atoms with van der Waals surface area (Å²) >= 11 is 0. The topological polar surface area (TPSA) is 61.4 Å². The van der Waals surface area contributed by atoms with Crippen molar-refractivity contribution in [2.24, 2.45) is 0 Å². The van der Waals surface area contributed by atoms with Crippen LogP contribution in [0, 0.1) is 11.6 Å². The minimum atomic E-state index is -3.35. The number of hydrogen-bond donors (Lipinski definition) is 3. The lowest BCUT2D eigenvalue weighted by Crippen LogP contribution is -2.53. The minimum absolute atomic E-state index is 0.0230. The van der Waals surface area contributed by atoms with Gasteiger partial charge in [-0.05, 0) is 59.9 Å². The Kier molecular flexibility index (Phi) is 7.24. The highest BCUT2D eigenvalue weighted by Gasteiger charge is 2.39. The van der Waals surface area contributed by atoms with E-state index in [0.717, 1.165) is 56.0 Å². The molecule has 190 valence electrons. The van der Waals surface area contributed by atoms with Gasteiger partial charge in [0.25, 0.3) is 5.92 Å². The summed E-state index contributed by atoms with van der Waals surface area (Å²) in [6.07, 6.45) is 3.59. The first-order valence-corrected chi connectivity index (χ1v) is 11.9. The van der Waals surface area contributed by atoms with Crippen molar-refractivity contribution in [2.75, 3.05) is 0 Å².